The van der Waals surface area contributed by atoms with Crippen molar-refractivity contribution in [3.05, 3.63) is 82.9 Å². The van der Waals surface area contributed by atoms with Crippen molar-refractivity contribution in [2.75, 3.05) is 0 Å². The van der Waals surface area contributed by atoms with E-state index in [2.05, 4.69) is 22.5 Å². The summed E-state index contributed by atoms with van der Waals surface area (Å²) >= 11 is 3.37. The average molecular weight is 347 g/mol. The second kappa shape index (κ2) is 7.03. The lowest BCUT2D eigenvalue weighted by atomic mass is 9.84. The number of benzene rings is 2. The zero-order valence-corrected chi connectivity index (χ0v) is 13.3. The van der Waals surface area contributed by atoms with Crippen LogP contribution in [0.1, 0.15) is 30.1 Å². The van der Waals surface area contributed by atoms with Crippen LogP contribution in [0.25, 0.3) is 0 Å². The molecule has 2 nitrogen and oxygen atoms in total. The smallest absolute Gasteiger partial charge is 0.0958 e. The number of hydrogen-bond donors (Lipinski definition) is 2. The second-order valence-corrected chi connectivity index (χ2v) is 6.08. The summed E-state index contributed by atoms with van der Waals surface area (Å²) in [6, 6.07) is 16.9. The predicted octanol–water partition coefficient (Wildman–Crippen LogP) is 4.34. The Kier molecular flexibility index (Phi) is 5.34. The van der Waals surface area contributed by atoms with E-state index < -0.39 is 11.7 Å². The summed E-state index contributed by atoms with van der Waals surface area (Å²) in [4.78, 5) is 0. The molecule has 21 heavy (non-hydrogen) atoms. The van der Waals surface area contributed by atoms with Crippen LogP contribution >= 0.6 is 15.9 Å². The van der Waals surface area contributed by atoms with Gasteiger partial charge in [-0.05, 0) is 29.7 Å². The van der Waals surface area contributed by atoms with E-state index in [1.807, 2.05) is 54.6 Å². The third-order valence-electron chi connectivity index (χ3n) is 3.58. The molecule has 0 aliphatic heterocycles. The third-order valence-corrected chi connectivity index (χ3v) is 4.11. The Balaban J connectivity index is 2.23. The van der Waals surface area contributed by atoms with Gasteiger partial charge in [0.1, 0.15) is 0 Å². The molecule has 110 valence electrons. The highest BCUT2D eigenvalue weighted by molar-refractivity contribution is 9.10. The fraction of sp³-hybridized carbons (Fsp3) is 0.222. The predicted molar refractivity (Wildman–Crippen MR) is 88.9 cm³/mol. The number of hydrogen-bond acceptors (Lipinski definition) is 2. The van der Waals surface area contributed by atoms with E-state index in [0.717, 1.165) is 15.6 Å². The van der Waals surface area contributed by atoms with Gasteiger partial charge in [0, 0.05) is 10.9 Å². The standard InChI is InChI=1S/C18H19BrO2/c1-2-12-18(21,15-6-4-3-5-7-15)13-17(20)14-8-10-16(19)11-9-14/h2-11,17,20-21H,1,12-13H2/t17-,18-/m1/s1. The van der Waals surface area contributed by atoms with E-state index in [9.17, 15) is 10.2 Å². The molecule has 0 radical (unpaired) electrons. The zero-order chi connectivity index (χ0) is 15.3. The van der Waals surface area contributed by atoms with Crippen LogP contribution < -0.4 is 0 Å². The Morgan fingerprint density at radius 3 is 2.29 bits per heavy atom. The van der Waals surface area contributed by atoms with Crippen LogP contribution in [0.15, 0.2) is 71.7 Å². The molecular formula is C18H19BrO2. The van der Waals surface area contributed by atoms with Gasteiger partial charge in [0.15, 0.2) is 0 Å². The van der Waals surface area contributed by atoms with Crippen molar-refractivity contribution in [2.45, 2.75) is 24.5 Å². The van der Waals surface area contributed by atoms with E-state index in [0.29, 0.717) is 6.42 Å². The molecule has 0 aliphatic carbocycles. The minimum atomic E-state index is -1.12. The second-order valence-electron chi connectivity index (χ2n) is 5.16. The number of rotatable bonds is 6. The summed E-state index contributed by atoms with van der Waals surface area (Å²) in [5.74, 6) is 0. The van der Waals surface area contributed by atoms with Crippen molar-refractivity contribution in [1.82, 2.24) is 0 Å². The summed E-state index contributed by atoms with van der Waals surface area (Å²) in [5, 5.41) is 21.4. The Labute approximate surface area is 133 Å². The van der Waals surface area contributed by atoms with Crippen LogP contribution in [0.2, 0.25) is 0 Å². The number of halogens is 1. The van der Waals surface area contributed by atoms with Crippen LogP contribution in [0.3, 0.4) is 0 Å². The Morgan fingerprint density at radius 2 is 1.71 bits per heavy atom. The molecular weight excluding hydrogens is 328 g/mol. The van der Waals surface area contributed by atoms with E-state index >= 15 is 0 Å². The number of aliphatic hydroxyl groups is 2. The maximum Gasteiger partial charge on any atom is 0.0958 e. The normalized spacial score (nSPS) is 15.2. The molecule has 0 unspecified atom stereocenters. The van der Waals surface area contributed by atoms with E-state index in [1.54, 1.807) is 6.08 Å². The lowest BCUT2D eigenvalue weighted by Crippen LogP contribution is -2.27. The van der Waals surface area contributed by atoms with Gasteiger partial charge in [0.2, 0.25) is 0 Å². The monoisotopic (exact) mass is 346 g/mol. The Morgan fingerprint density at radius 1 is 1.10 bits per heavy atom. The quantitative estimate of drug-likeness (QED) is 0.764. The molecule has 2 N–H and O–H groups in total. The maximum absolute atomic E-state index is 10.9. The van der Waals surface area contributed by atoms with Gasteiger partial charge in [0.25, 0.3) is 0 Å². The summed E-state index contributed by atoms with van der Waals surface area (Å²) in [7, 11) is 0. The first-order valence-corrected chi connectivity index (χ1v) is 7.67. The van der Waals surface area contributed by atoms with Crippen molar-refractivity contribution < 1.29 is 10.2 Å². The molecule has 0 spiro atoms. The van der Waals surface area contributed by atoms with Gasteiger partial charge < -0.3 is 10.2 Å². The highest BCUT2D eigenvalue weighted by Gasteiger charge is 2.31. The lowest BCUT2D eigenvalue weighted by molar-refractivity contribution is -0.0139. The van der Waals surface area contributed by atoms with Gasteiger partial charge in [-0.2, -0.15) is 0 Å². The molecule has 0 amide bonds. The first kappa shape index (κ1) is 16.0. The Hall–Kier alpha value is -1.42. The van der Waals surface area contributed by atoms with Crippen molar-refractivity contribution in [3.8, 4) is 0 Å². The molecule has 0 heterocycles. The number of aliphatic hydroxyl groups excluding tert-OH is 1. The topological polar surface area (TPSA) is 40.5 Å². The van der Waals surface area contributed by atoms with Gasteiger partial charge >= 0.3 is 0 Å². The largest absolute Gasteiger partial charge is 0.388 e. The molecule has 3 heteroatoms. The highest BCUT2D eigenvalue weighted by Crippen LogP contribution is 2.35. The first-order chi connectivity index (χ1) is 10.0. The molecule has 0 bridgehead atoms. The minimum Gasteiger partial charge on any atom is -0.388 e. The van der Waals surface area contributed by atoms with E-state index in [-0.39, 0.29) is 6.42 Å². The van der Waals surface area contributed by atoms with Crippen molar-refractivity contribution in [1.29, 1.82) is 0 Å². The van der Waals surface area contributed by atoms with Crippen molar-refractivity contribution >= 4 is 15.9 Å². The molecule has 2 aromatic rings. The van der Waals surface area contributed by atoms with Gasteiger partial charge in [-0.15, -0.1) is 6.58 Å². The van der Waals surface area contributed by atoms with Crippen molar-refractivity contribution in [2.24, 2.45) is 0 Å². The molecule has 0 saturated heterocycles. The van der Waals surface area contributed by atoms with Crippen LogP contribution in [0, 0.1) is 0 Å². The Bertz CT molecular complexity index is 580. The SMILES string of the molecule is C=CC[C@@](O)(C[C@@H](O)c1ccc(Br)cc1)c1ccccc1. The van der Waals surface area contributed by atoms with E-state index in [1.165, 1.54) is 0 Å². The summed E-state index contributed by atoms with van der Waals surface area (Å²) in [6.07, 6.45) is 1.57. The fourth-order valence-corrected chi connectivity index (χ4v) is 2.69. The molecule has 2 atom stereocenters. The molecule has 0 aliphatic rings. The van der Waals surface area contributed by atoms with Crippen LogP contribution in [-0.2, 0) is 5.60 Å². The zero-order valence-electron chi connectivity index (χ0n) is 11.7. The maximum atomic E-state index is 10.9. The first-order valence-electron chi connectivity index (χ1n) is 6.87. The molecule has 0 fully saturated rings. The fourth-order valence-electron chi connectivity index (χ4n) is 2.43. The summed E-state index contributed by atoms with van der Waals surface area (Å²) < 4.78 is 0.961. The average Bonchev–Trinajstić information content (AvgIpc) is 2.49. The van der Waals surface area contributed by atoms with Crippen LogP contribution in [-0.4, -0.2) is 10.2 Å². The molecule has 0 saturated carbocycles. The third kappa shape index (κ3) is 4.03. The highest BCUT2D eigenvalue weighted by atomic mass is 79.9. The van der Waals surface area contributed by atoms with Gasteiger partial charge in [0.05, 0.1) is 11.7 Å². The van der Waals surface area contributed by atoms with Gasteiger partial charge in [-0.1, -0.05) is 64.5 Å². The minimum absolute atomic E-state index is 0.227. The summed E-state index contributed by atoms with van der Waals surface area (Å²) in [5.41, 5.74) is 0.466. The van der Waals surface area contributed by atoms with E-state index in [4.69, 9.17) is 0 Å². The van der Waals surface area contributed by atoms with Crippen LogP contribution in [0.5, 0.6) is 0 Å². The summed E-state index contributed by atoms with van der Waals surface area (Å²) in [6.45, 7) is 3.71. The lowest BCUT2D eigenvalue weighted by Gasteiger charge is -2.30. The van der Waals surface area contributed by atoms with Crippen LogP contribution in [0.4, 0.5) is 0 Å². The molecule has 2 rings (SSSR count). The van der Waals surface area contributed by atoms with Crippen molar-refractivity contribution in [3.63, 3.8) is 0 Å². The van der Waals surface area contributed by atoms with Gasteiger partial charge in [-0.25, -0.2) is 0 Å². The van der Waals surface area contributed by atoms with Gasteiger partial charge in [-0.3, -0.25) is 0 Å². The molecule has 0 aromatic heterocycles. The molecule has 2 aromatic carbocycles.